The number of nitrogens with one attached hydrogen (secondary N) is 1. The quantitative estimate of drug-likeness (QED) is 0.613. The molecule has 0 fully saturated rings. The van der Waals surface area contributed by atoms with Gasteiger partial charge < -0.3 is 10.4 Å². The van der Waals surface area contributed by atoms with Crippen molar-refractivity contribution in [3.8, 4) is 11.8 Å². The van der Waals surface area contributed by atoms with Crippen molar-refractivity contribution >= 4 is 16.7 Å². The molecule has 0 heterocycles. The molecule has 1 atom stereocenters. The molecule has 4 nitrogen and oxygen atoms in total. The van der Waals surface area contributed by atoms with Gasteiger partial charge in [-0.1, -0.05) is 17.9 Å². The lowest BCUT2D eigenvalue weighted by Crippen LogP contribution is -2.25. The maximum Gasteiger partial charge on any atom is 0.251 e. The van der Waals surface area contributed by atoms with Gasteiger partial charge in [-0.3, -0.25) is 9.00 Å². The number of benzene rings is 1. The number of aliphatic hydroxyl groups is 1. The highest BCUT2D eigenvalue weighted by Crippen LogP contribution is 2.10. The average molecular weight is 307 g/mol. The molecule has 1 aromatic carbocycles. The average Bonchev–Trinajstić information content (AvgIpc) is 2.45. The summed E-state index contributed by atoms with van der Waals surface area (Å²) >= 11 is 0. The van der Waals surface area contributed by atoms with Gasteiger partial charge in [-0.2, -0.15) is 0 Å². The van der Waals surface area contributed by atoms with Gasteiger partial charge in [0.1, 0.15) is 0 Å². The summed E-state index contributed by atoms with van der Waals surface area (Å²) in [5.74, 6) is 6.26. The van der Waals surface area contributed by atoms with Crippen molar-refractivity contribution in [3.63, 3.8) is 0 Å². The molecule has 0 aliphatic rings. The molecule has 5 heteroatoms. The predicted octanol–water partition coefficient (Wildman–Crippen LogP) is 1.23. The summed E-state index contributed by atoms with van der Waals surface area (Å²) in [5, 5.41) is 11.5. The number of hydrogen-bond acceptors (Lipinski definition) is 3. The molecule has 0 spiro atoms. The molecule has 2 N–H and O–H groups in total. The lowest BCUT2D eigenvalue weighted by molar-refractivity contribution is 0.0953. The van der Waals surface area contributed by atoms with Gasteiger partial charge in [0.25, 0.3) is 5.91 Å². The van der Waals surface area contributed by atoms with Gasteiger partial charge in [0.15, 0.2) is 0 Å². The molecular weight excluding hydrogens is 286 g/mol. The molecule has 0 bridgehead atoms. The van der Waals surface area contributed by atoms with Crippen LogP contribution in [-0.2, 0) is 10.8 Å². The number of amides is 1. The van der Waals surface area contributed by atoms with Crippen molar-refractivity contribution in [1.29, 1.82) is 0 Å². The minimum atomic E-state index is -0.826. The fourth-order valence-corrected chi connectivity index (χ4v) is 2.24. The topological polar surface area (TPSA) is 66.4 Å². The zero-order valence-corrected chi connectivity index (χ0v) is 13.3. The summed E-state index contributed by atoms with van der Waals surface area (Å²) in [7, 11) is -0.826. The molecule has 1 amide bonds. The third kappa shape index (κ3) is 6.56. The Kier molecular flexibility index (Phi) is 7.73. The molecular formula is C16H21NO3S. The second kappa shape index (κ2) is 9.32. The van der Waals surface area contributed by atoms with Crippen LogP contribution >= 0.6 is 0 Å². The van der Waals surface area contributed by atoms with Crippen molar-refractivity contribution in [3.05, 3.63) is 34.9 Å². The largest absolute Gasteiger partial charge is 0.395 e. The van der Waals surface area contributed by atoms with E-state index in [-0.39, 0.29) is 12.5 Å². The monoisotopic (exact) mass is 307 g/mol. The molecule has 0 aromatic heterocycles. The molecule has 1 aromatic rings. The number of aryl methyl sites for hydroxylation is 1. The van der Waals surface area contributed by atoms with Crippen LogP contribution in [0.2, 0.25) is 0 Å². The molecule has 0 saturated heterocycles. The Balaban J connectivity index is 2.66. The Hall–Kier alpha value is -1.64. The van der Waals surface area contributed by atoms with Crippen LogP contribution in [0.5, 0.6) is 0 Å². The Morgan fingerprint density at radius 3 is 2.86 bits per heavy atom. The highest BCUT2D eigenvalue weighted by Gasteiger charge is 2.06. The Morgan fingerprint density at radius 2 is 2.19 bits per heavy atom. The zero-order chi connectivity index (χ0) is 15.7. The van der Waals surface area contributed by atoms with E-state index in [1.54, 1.807) is 18.4 Å². The molecule has 1 rings (SSSR count). The molecule has 114 valence electrons. The number of aliphatic hydroxyl groups excluding tert-OH is 1. The lowest BCUT2D eigenvalue weighted by atomic mass is 10.0. The van der Waals surface area contributed by atoms with Crippen LogP contribution in [0.3, 0.4) is 0 Å². The van der Waals surface area contributed by atoms with Gasteiger partial charge in [0.05, 0.1) is 6.61 Å². The first kappa shape index (κ1) is 17.4. The molecule has 0 aliphatic carbocycles. The fourth-order valence-electron chi connectivity index (χ4n) is 1.69. The van der Waals surface area contributed by atoms with Crippen LogP contribution in [0.4, 0.5) is 0 Å². The minimum Gasteiger partial charge on any atom is -0.395 e. The molecule has 0 aliphatic heterocycles. The van der Waals surface area contributed by atoms with Crippen molar-refractivity contribution in [1.82, 2.24) is 5.32 Å². The van der Waals surface area contributed by atoms with Gasteiger partial charge in [0, 0.05) is 46.9 Å². The summed E-state index contributed by atoms with van der Waals surface area (Å²) in [6.07, 6.45) is 2.77. The fraction of sp³-hybridized carbons (Fsp3) is 0.438. The smallest absolute Gasteiger partial charge is 0.251 e. The standard InChI is InChI=1S/C16H21NO3S/c1-13-7-8-15(12-14(13)6-3-4-10-18)16(19)17-9-5-11-21(2)20/h7-8,12,18H,4-5,9-11H2,1-2H3,(H,17,19). The van der Waals surface area contributed by atoms with Crippen LogP contribution in [0, 0.1) is 18.8 Å². The Morgan fingerprint density at radius 1 is 1.43 bits per heavy atom. The van der Waals surface area contributed by atoms with E-state index in [1.807, 2.05) is 13.0 Å². The van der Waals surface area contributed by atoms with Gasteiger partial charge in [0.2, 0.25) is 0 Å². The van der Waals surface area contributed by atoms with Crippen molar-refractivity contribution in [2.24, 2.45) is 0 Å². The van der Waals surface area contributed by atoms with Crippen molar-refractivity contribution in [2.75, 3.05) is 25.2 Å². The van der Waals surface area contributed by atoms with Crippen LogP contribution in [-0.4, -0.2) is 40.4 Å². The molecule has 0 saturated carbocycles. The third-order valence-corrected chi connectivity index (χ3v) is 3.72. The predicted molar refractivity (Wildman–Crippen MR) is 85.6 cm³/mol. The van der Waals surface area contributed by atoms with E-state index in [9.17, 15) is 9.00 Å². The summed E-state index contributed by atoms with van der Waals surface area (Å²) in [5.41, 5.74) is 2.36. The van der Waals surface area contributed by atoms with Gasteiger partial charge in [-0.15, -0.1) is 0 Å². The Bertz CT molecular complexity index is 573. The first-order chi connectivity index (χ1) is 10.0. The summed E-state index contributed by atoms with van der Waals surface area (Å²) in [6, 6.07) is 5.38. The maximum atomic E-state index is 12.0. The molecule has 0 radical (unpaired) electrons. The number of hydrogen-bond donors (Lipinski definition) is 2. The first-order valence-electron chi connectivity index (χ1n) is 6.83. The Labute approximate surface area is 128 Å². The van der Waals surface area contributed by atoms with Crippen LogP contribution in [0.15, 0.2) is 18.2 Å². The molecule has 1 unspecified atom stereocenters. The highest BCUT2D eigenvalue weighted by atomic mass is 32.2. The normalized spacial score (nSPS) is 11.4. The second-order valence-corrected chi connectivity index (χ2v) is 6.25. The van der Waals surface area contributed by atoms with E-state index in [4.69, 9.17) is 5.11 Å². The second-order valence-electron chi connectivity index (χ2n) is 4.69. The number of carbonyl (C=O) groups is 1. The van der Waals surface area contributed by atoms with E-state index in [1.165, 1.54) is 0 Å². The van der Waals surface area contributed by atoms with Crippen LogP contribution in [0.25, 0.3) is 0 Å². The van der Waals surface area contributed by atoms with E-state index in [0.717, 1.165) is 11.1 Å². The van der Waals surface area contributed by atoms with Gasteiger partial charge in [-0.05, 0) is 31.0 Å². The minimum absolute atomic E-state index is 0.0328. The summed E-state index contributed by atoms with van der Waals surface area (Å²) < 4.78 is 10.9. The third-order valence-electron chi connectivity index (χ3n) is 2.85. The van der Waals surface area contributed by atoms with E-state index >= 15 is 0 Å². The van der Waals surface area contributed by atoms with E-state index in [2.05, 4.69) is 17.2 Å². The van der Waals surface area contributed by atoms with Crippen LogP contribution in [0.1, 0.15) is 34.3 Å². The van der Waals surface area contributed by atoms with Crippen LogP contribution < -0.4 is 5.32 Å². The number of rotatable bonds is 6. The van der Waals surface area contributed by atoms with Crippen molar-refractivity contribution < 1.29 is 14.1 Å². The van der Waals surface area contributed by atoms with Crippen molar-refractivity contribution in [2.45, 2.75) is 19.8 Å². The summed E-state index contributed by atoms with van der Waals surface area (Å²) in [6.45, 7) is 2.48. The SMILES string of the molecule is Cc1ccc(C(=O)NCCCS(C)=O)cc1C#CCCO. The lowest BCUT2D eigenvalue weighted by Gasteiger charge is -2.06. The van der Waals surface area contributed by atoms with Gasteiger partial charge in [-0.25, -0.2) is 0 Å². The highest BCUT2D eigenvalue weighted by molar-refractivity contribution is 7.84. The zero-order valence-electron chi connectivity index (χ0n) is 12.4. The molecule has 21 heavy (non-hydrogen) atoms. The van der Waals surface area contributed by atoms with E-state index in [0.29, 0.717) is 30.7 Å². The maximum absolute atomic E-state index is 12.0. The van der Waals surface area contributed by atoms with E-state index < -0.39 is 10.8 Å². The number of carbonyl (C=O) groups excluding carboxylic acids is 1. The summed E-state index contributed by atoms with van der Waals surface area (Å²) in [4.78, 5) is 12.0. The first-order valence-corrected chi connectivity index (χ1v) is 8.56. The van der Waals surface area contributed by atoms with Gasteiger partial charge >= 0.3 is 0 Å².